The van der Waals surface area contributed by atoms with E-state index in [9.17, 15) is 0 Å². The van der Waals surface area contributed by atoms with Crippen LogP contribution in [0, 0.1) is 0 Å². The Bertz CT molecular complexity index is 10400. The smallest absolute Gasteiger partial charge is 0.164 e. The van der Waals surface area contributed by atoms with Crippen LogP contribution in [0.1, 0.15) is 0 Å². The molecular weight excluding hydrogens is 1800 g/mol. The zero-order chi connectivity index (χ0) is 96.2. The minimum Gasteiger partial charge on any atom is -0.299 e. The van der Waals surface area contributed by atoms with Gasteiger partial charge in [0.1, 0.15) is 16.9 Å². The van der Waals surface area contributed by atoms with Crippen LogP contribution >= 0.6 is 11.3 Å². The molecule has 14 nitrogen and oxygen atoms in total. The lowest BCUT2D eigenvalue weighted by atomic mass is 9.95. The molecule has 0 N–H and O–H groups in total. The first-order valence-corrected chi connectivity index (χ1v) is 49.6. The highest BCUT2D eigenvalue weighted by atomic mass is 32.1. The highest BCUT2D eigenvalue weighted by Crippen LogP contribution is 2.45. The largest absolute Gasteiger partial charge is 0.299 e. The lowest BCUT2D eigenvalue weighted by molar-refractivity contribution is 1.07. The summed E-state index contributed by atoms with van der Waals surface area (Å²) >= 11 is 1.83. The Labute approximate surface area is 840 Å². The zero-order valence-corrected chi connectivity index (χ0v) is 79.2. The average molecular weight is 1880 g/mol. The van der Waals surface area contributed by atoms with Gasteiger partial charge in [-0.2, -0.15) is 0 Å². The minimum atomic E-state index is 0.624. The molecular formula is C131H80N14S. The van der Waals surface area contributed by atoms with Crippen molar-refractivity contribution in [3.8, 4) is 136 Å². The van der Waals surface area contributed by atoms with E-state index in [2.05, 4.69) is 432 Å². The molecule has 0 bridgehead atoms. The Morgan fingerprint density at radius 3 is 0.870 bits per heavy atom. The van der Waals surface area contributed by atoms with Crippen LogP contribution in [0.25, 0.3) is 281 Å². The minimum absolute atomic E-state index is 0.624. The second-order valence-corrected chi connectivity index (χ2v) is 37.9. The van der Waals surface area contributed by atoms with Crippen molar-refractivity contribution in [3.05, 3.63) is 486 Å². The summed E-state index contributed by atoms with van der Waals surface area (Å²) in [6.45, 7) is 0. The summed E-state index contributed by atoms with van der Waals surface area (Å²) in [6.07, 6.45) is 6.28. The molecule has 146 heavy (non-hydrogen) atoms. The van der Waals surface area contributed by atoms with Gasteiger partial charge in [-0.05, 0) is 161 Å². The van der Waals surface area contributed by atoms with Gasteiger partial charge >= 0.3 is 0 Å². The van der Waals surface area contributed by atoms with Crippen molar-refractivity contribution >= 4 is 157 Å². The number of hydrogen-bond acceptors (Lipinski definition) is 12. The van der Waals surface area contributed by atoms with Crippen LogP contribution in [0.4, 0.5) is 0 Å². The van der Waals surface area contributed by atoms with Gasteiger partial charge < -0.3 is 0 Å². The van der Waals surface area contributed by atoms with E-state index >= 15 is 0 Å². The van der Waals surface area contributed by atoms with Crippen LogP contribution in [0.15, 0.2) is 486 Å². The predicted octanol–water partition coefficient (Wildman–Crippen LogP) is 33.1. The summed E-state index contributed by atoms with van der Waals surface area (Å²) in [5.74, 6) is 4.53. The van der Waals surface area contributed by atoms with Gasteiger partial charge in [-0.3, -0.25) is 13.2 Å². The average Bonchev–Trinajstić information content (AvgIpc) is 1.48. The van der Waals surface area contributed by atoms with Crippen LogP contribution in [-0.2, 0) is 0 Å². The molecule has 680 valence electrons. The molecule has 0 fully saturated rings. The van der Waals surface area contributed by atoms with Crippen LogP contribution in [0.2, 0.25) is 0 Å². The van der Waals surface area contributed by atoms with E-state index in [1.165, 1.54) is 58.2 Å². The molecule has 0 aliphatic heterocycles. The van der Waals surface area contributed by atoms with Gasteiger partial charge in [0.05, 0.1) is 44.5 Å². The van der Waals surface area contributed by atoms with E-state index in [0.717, 1.165) is 182 Å². The number of nitrogens with zero attached hydrogens (tertiary/aromatic N) is 14. The molecule has 15 heteroatoms. The van der Waals surface area contributed by atoms with Gasteiger partial charge in [0.25, 0.3) is 0 Å². The highest BCUT2D eigenvalue weighted by Gasteiger charge is 2.24. The first-order valence-electron chi connectivity index (χ1n) is 48.8. The molecule has 0 atom stereocenters. The molecule has 0 radical (unpaired) electrons. The molecule has 0 saturated heterocycles. The third-order valence-electron chi connectivity index (χ3n) is 28.1. The summed E-state index contributed by atoms with van der Waals surface area (Å²) in [7, 11) is 0. The fraction of sp³-hybridized carbons (Fsp3) is 0. The maximum Gasteiger partial charge on any atom is 0.164 e. The summed E-state index contributed by atoms with van der Waals surface area (Å²) in [5, 5.41) is 18.8. The molecule has 20 aromatic carbocycles. The van der Waals surface area contributed by atoms with Crippen molar-refractivity contribution in [2.75, 3.05) is 0 Å². The van der Waals surface area contributed by atoms with E-state index in [1.54, 1.807) is 0 Å². The number of imidazole rings is 3. The van der Waals surface area contributed by atoms with Crippen molar-refractivity contribution in [2.45, 2.75) is 0 Å². The molecule has 0 spiro atoms. The first-order chi connectivity index (χ1) is 72.3. The number of pyridine rings is 3. The summed E-state index contributed by atoms with van der Waals surface area (Å²) in [4.78, 5) is 55.7. The summed E-state index contributed by atoms with van der Waals surface area (Å²) in [5.41, 5.74) is 26.7. The number of rotatable bonds is 12. The second kappa shape index (κ2) is 35.3. The predicted molar refractivity (Wildman–Crippen MR) is 601 cm³/mol. The van der Waals surface area contributed by atoms with Crippen molar-refractivity contribution in [3.63, 3.8) is 0 Å². The van der Waals surface area contributed by atoms with Gasteiger partial charge in [-0.1, -0.05) is 382 Å². The summed E-state index contributed by atoms with van der Waals surface area (Å²) < 4.78 is 9.15. The Kier molecular flexibility index (Phi) is 20.4. The van der Waals surface area contributed by atoms with Crippen LogP contribution in [0.3, 0.4) is 0 Å². The van der Waals surface area contributed by atoms with Gasteiger partial charge in [0.15, 0.2) is 40.8 Å². The van der Waals surface area contributed by atoms with Gasteiger partial charge in [-0.15, -0.1) is 11.3 Å². The highest BCUT2D eigenvalue weighted by molar-refractivity contribution is 7.25. The Hall–Kier alpha value is -19.6. The standard InChI is InChI=1S/C46H29N5.C44H27N5.C41H24N4S/c1-3-11-30(12-4-1)32-18-22-34(23-19-32)44-48-45(35-24-20-33(21-25-35)31-13-5-2-6-14-31)50-46(49-44)36-26-27-39-40(29-36)37-15-7-8-16-38(37)42-43(39)51-28-10-9-17-41(51)47-42;1-2-11-30(12-3-1)42-46-43(48-44(47-42)34-22-19-28-10-4-5-13-32(28)26-34)31-20-17-29(18-21-31)33-23-24-37-38(27-33)35-14-6-7-15-36(35)40-41(37)49-25-9-8-16-39(49)45-40;1-2-10-25(11-3-1)34-24-35(26-18-20-37-33(22-26)29-13-6-7-15-36(29)46-37)43-41(42-34)27-17-19-31-32(23-27)28-12-4-5-14-30(28)39-40(31)45-21-9-8-16-38(45)44-39/h1-29H;1-27H;1-24H. The molecule has 0 amide bonds. The molecule has 0 saturated carbocycles. The maximum absolute atomic E-state index is 5.23. The number of aromatic nitrogens is 14. The number of benzene rings is 20. The number of hydrogen-bond donors (Lipinski definition) is 0. The third kappa shape index (κ3) is 15.0. The molecule has 0 aliphatic carbocycles. The van der Waals surface area contributed by atoms with Crippen molar-refractivity contribution < 1.29 is 0 Å². The molecule has 0 unspecified atom stereocenters. The fourth-order valence-electron chi connectivity index (χ4n) is 21.0. The van der Waals surface area contributed by atoms with Crippen molar-refractivity contribution in [1.29, 1.82) is 0 Å². The SMILES string of the molecule is c1ccc(-c2cc(-c3ccc4sc5ccccc5c4c3)nc(-c3ccc4c(c3)c3ccccc3c3nc5ccccn5c43)n2)cc1.c1ccc(-c2ccc(-c3nc(-c4ccc(-c5ccccc5)cc4)nc(-c4ccc5c(c4)c4ccccc4c4nc6ccccn6c54)n3)cc2)cc1.c1ccc(-c2nc(-c3ccc(-c4ccc5c(c4)c4ccccc4c4nc6ccccn6c54)cc3)nc(-c3ccc4ccccc4c3)n2)cc1. The normalized spacial score (nSPS) is 11.7. The van der Waals surface area contributed by atoms with Gasteiger partial charge in [-0.25, -0.2) is 54.8 Å². The second-order valence-electron chi connectivity index (χ2n) is 36.8. The van der Waals surface area contributed by atoms with E-state index in [1.807, 2.05) is 78.1 Å². The van der Waals surface area contributed by atoms with Gasteiger partial charge in [0, 0.05) is 121 Å². The third-order valence-corrected chi connectivity index (χ3v) is 29.3. The van der Waals surface area contributed by atoms with E-state index in [-0.39, 0.29) is 0 Å². The molecule has 30 aromatic rings. The number of fused-ring (bicyclic) bond motifs is 28. The molecule has 10 aromatic heterocycles. The Morgan fingerprint density at radius 1 is 0.144 bits per heavy atom. The topological polar surface area (TPSA) is 155 Å². The first kappa shape index (κ1) is 84.5. The van der Waals surface area contributed by atoms with Crippen LogP contribution in [-0.4, -0.2) is 68.0 Å². The number of thiophene rings is 1. The van der Waals surface area contributed by atoms with E-state index < -0.39 is 0 Å². The zero-order valence-electron chi connectivity index (χ0n) is 78.4. The monoisotopic (exact) mass is 1880 g/mol. The fourth-order valence-corrected chi connectivity index (χ4v) is 22.1. The maximum atomic E-state index is 5.23. The Morgan fingerprint density at radius 2 is 0.425 bits per heavy atom. The van der Waals surface area contributed by atoms with E-state index in [4.69, 9.17) is 54.8 Å². The molecule has 30 rings (SSSR count). The lowest BCUT2D eigenvalue weighted by Gasteiger charge is -2.12. The molecule has 10 heterocycles. The Balaban J connectivity index is 0.000000106. The molecule has 0 aliphatic rings. The van der Waals surface area contributed by atoms with E-state index in [0.29, 0.717) is 40.8 Å². The van der Waals surface area contributed by atoms with Crippen LogP contribution in [0.5, 0.6) is 0 Å². The van der Waals surface area contributed by atoms with Gasteiger partial charge in [0.2, 0.25) is 0 Å². The quantitative estimate of drug-likeness (QED) is 0.107. The van der Waals surface area contributed by atoms with Crippen molar-refractivity contribution in [1.82, 2.24) is 68.0 Å². The lowest BCUT2D eigenvalue weighted by Crippen LogP contribution is -2.00. The van der Waals surface area contributed by atoms with Crippen LogP contribution < -0.4 is 0 Å². The van der Waals surface area contributed by atoms with Crippen molar-refractivity contribution in [2.24, 2.45) is 0 Å². The summed E-state index contributed by atoms with van der Waals surface area (Å²) in [6, 6.07) is 163.